The molecule has 0 saturated heterocycles. The summed E-state index contributed by atoms with van der Waals surface area (Å²) in [5.41, 5.74) is 0.732. The van der Waals surface area contributed by atoms with Crippen molar-refractivity contribution in [3.05, 3.63) is 18.0 Å². The number of carbonyl (C=O) groups is 1. The Hall–Kier alpha value is -0.770. The van der Waals surface area contributed by atoms with Crippen molar-refractivity contribution in [1.29, 1.82) is 0 Å². The Kier molecular flexibility index (Phi) is 4.73. The van der Waals surface area contributed by atoms with E-state index in [0.29, 0.717) is 5.75 Å². The number of carbonyl (C=O) groups excluding carboxylic acids is 1. The van der Waals surface area contributed by atoms with Gasteiger partial charge in [-0.1, -0.05) is 6.92 Å². The summed E-state index contributed by atoms with van der Waals surface area (Å²) in [6.45, 7) is 4.94. The second kappa shape index (κ2) is 5.86. The van der Waals surface area contributed by atoms with Crippen LogP contribution in [0.25, 0.3) is 0 Å². The summed E-state index contributed by atoms with van der Waals surface area (Å²) < 4.78 is 1.78. The number of aromatic nitrogens is 2. The first-order valence-electron chi connectivity index (χ1n) is 4.91. The Bertz CT molecular complexity index is 296. The Labute approximate surface area is 88.9 Å². The van der Waals surface area contributed by atoms with Crippen LogP contribution in [0.4, 0.5) is 0 Å². The largest absolute Gasteiger partial charge is 0.293 e. The molecule has 78 valence electrons. The van der Waals surface area contributed by atoms with E-state index < -0.39 is 0 Å². The van der Waals surface area contributed by atoms with E-state index in [9.17, 15) is 4.79 Å². The van der Waals surface area contributed by atoms with Gasteiger partial charge in [0, 0.05) is 12.7 Å². The molecule has 0 aliphatic rings. The van der Waals surface area contributed by atoms with Gasteiger partial charge in [0.2, 0.25) is 0 Å². The molecular weight excluding hydrogens is 196 g/mol. The maximum Gasteiger partial charge on any atom is 0.175 e. The van der Waals surface area contributed by atoms with Crippen molar-refractivity contribution in [3.63, 3.8) is 0 Å². The lowest BCUT2D eigenvalue weighted by molar-refractivity contribution is 0.102. The van der Waals surface area contributed by atoms with Gasteiger partial charge in [0.05, 0.1) is 17.5 Å². The zero-order chi connectivity index (χ0) is 10.4. The molecule has 1 aromatic heterocycles. The fourth-order valence-electron chi connectivity index (χ4n) is 1.07. The Morgan fingerprint density at radius 2 is 2.36 bits per heavy atom. The van der Waals surface area contributed by atoms with Crippen LogP contribution in [-0.2, 0) is 6.54 Å². The number of thioether (sulfide) groups is 1. The SMILES string of the molecule is CCCSCC(=O)c1cnn(CC)c1. The molecule has 0 N–H and O–H groups in total. The third-order valence-electron chi connectivity index (χ3n) is 1.86. The van der Waals surface area contributed by atoms with Gasteiger partial charge in [-0.25, -0.2) is 0 Å². The molecule has 0 radical (unpaired) electrons. The summed E-state index contributed by atoms with van der Waals surface area (Å²) in [6.07, 6.45) is 4.58. The minimum Gasteiger partial charge on any atom is -0.293 e. The number of hydrogen-bond donors (Lipinski definition) is 0. The van der Waals surface area contributed by atoms with Gasteiger partial charge in [-0.15, -0.1) is 0 Å². The molecular formula is C10H16N2OS. The van der Waals surface area contributed by atoms with Crippen molar-refractivity contribution >= 4 is 17.5 Å². The third-order valence-corrected chi connectivity index (χ3v) is 3.02. The van der Waals surface area contributed by atoms with Crippen LogP contribution in [0.15, 0.2) is 12.4 Å². The van der Waals surface area contributed by atoms with Crippen LogP contribution in [0.2, 0.25) is 0 Å². The molecule has 0 atom stereocenters. The molecule has 0 unspecified atom stereocenters. The van der Waals surface area contributed by atoms with E-state index in [1.54, 1.807) is 22.6 Å². The molecule has 14 heavy (non-hydrogen) atoms. The first-order valence-corrected chi connectivity index (χ1v) is 6.06. The molecule has 0 aliphatic heterocycles. The van der Waals surface area contributed by atoms with Gasteiger partial charge in [-0.2, -0.15) is 16.9 Å². The Balaban J connectivity index is 2.44. The minimum atomic E-state index is 0.183. The summed E-state index contributed by atoms with van der Waals surface area (Å²) in [5, 5.41) is 4.07. The van der Waals surface area contributed by atoms with E-state index in [1.807, 2.05) is 13.1 Å². The van der Waals surface area contributed by atoms with Gasteiger partial charge in [0.1, 0.15) is 0 Å². The van der Waals surface area contributed by atoms with Gasteiger partial charge in [-0.3, -0.25) is 9.48 Å². The highest BCUT2D eigenvalue weighted by molar-refractivity contribution is 7.99. The Morgan fingerprint density at radius 1 is 1.57 bits per heavy atom. The van der Waals surface area contributed by atoms with E-state index >= 15 is 0 Å². The maximum absolute atomic E-state index is 11.6. The lowest BCUT2D eigenvalue weighted by atomic mass is 10.3. The molecule has 0 amide bonds. The fraction of sp³-hybridized carbons (Fsp3) is 0.600. The maximum atomic E-state index is 11.6. The average molecular weight is 212 g/mol. The van der Waals surface area contributed by atoms with E-state index in [2.05, 4.69) is 12.0 Å². The van der Waals surface area contributed by atoms with Crippen LogP contribution < -0.4 is 0 Å². The smallest absolute Gasteiger partial charge is 0.175 e. The van der Waals surface area contributed by atoms with Crippen LogP contribution in [0.5, 0.6) is 0 Å². The molecule has 0 bridgehead atoms. The molecule has 4 heteroatoms. The zero-order valence-electron chi connectivity index (χ0n) is 8.69. The minimum absolute atomic E-state index is 0.183. The van der Waals surface area contributed by atoms with Crippen LogP contribution in [0.3, 0.4) is 0 Å². The number of Topliss-reactive ketones (excluding diaryl/α,β-unsaturated/α-hetero) is 1. The number of aryl methyl sites for hydroxylation is 1. The highest BCUT2D eigenvalue weighted by Gasteiger charge is 2.07. The summed E-state index contributed by atoms with van der Waals surface area (Å²) in [7, 11) is 0. The molecule has 0 fully saturated rings. The number of rotatable bonds is 6. The highest BCUT2D eigenvalue weighted by Crippen LogP contribution is 2.07. The summed E-state index contributed by atoms with van der Waals surface area (Å²) >= 11 is 1.69. The van der Waals surface area contributed by atoms with E-state index in [-0.39, 0.29) is 5.78 Å². The first kappa shape index (κ1) is 11.3. The topological polar surface area (TPSA) is 34.9 Å². The van der Waals surface area contributed by atoms with E-state index in [1.165, 1.54) is 0 Å². The van der Waals surface area contributed by atoms with Gasteiger partial charge in [-0.05, 0) is 19.1 Å². The second-order valence-corrected chi connectivity index (χ2v) is 4.17. The zero-order valence-corrected chi connectivity index (χ0v) is 9.51. The number of ketones is 1. The molecule has 1 aromatic rings. The molecule has 1 heterocycles. The molecule has 0 spiro atoms. The van der Waals surface area contributed by atoms with Gasteiger partial charge in [0.25, 0.3) is 0 Å². The Morgan fingerprint density at radius 3 is 2.93 bits per heavy atom. The summed E-state index contributed by atoms with van der Waals surface area (Å²) in [5.74, 6) is 1.81. The van der Waals surface area contributed by atoms with Crippen LogP contribution in [0.1, 0.15) is 30.6 Å². The first-order chi connectivity index (χ1) is 6.77. The predicted octanol–water partition coefficient (Wildman–Crippen LogP) is 2.23. The van der Waals surface area contributed by atoms with Crippen LogP contribution in [0, 0.1) is 0 Å². The van der Waals surface area contributed by atoms with Crippen molar-refractivity contribution in [2.45, 2.75) is 26.8 Å². The van der Waals surface area contributed by atoms with Crippen molar-refractivity contribution in [3.8, 4) is 0 Å². The van der Waals surface area contributed by atoms with Crippen LogP contribution in [-0.4, -0.2) is 27.1 Å². The monoisotopic (exact) mass is 212 g/mol. The number of hydrogen-bond acceptors (Lipinski definition) is 3. The van der Waals surface area contributed by atoms with Gasteiger partial charge in [0.15, 0.2) is 5.78 Å². The summed E-state index contributed by atoms with van der Waals surface area (Å²) in [4.78, 5) is 11.6. The third kappa shape index (κ3) is 3.18. The van der Waals surface area contributed by atoms with Gasteiger partial charge < -0.3 is 0 Å². The number of nitrogens with zero attached hydrogens (tertiary/aromatic N) is 2. The highest BCUT2D eigenvalue weighted by atomic mass is 32.2. The lowest BCUT2D eigenvalue weighted by Gasteiger charge is -1.96. The van der Waals surface area contributed by atoms with Crippen LogP contribution >= 0.6 is 11.8 Å². The van der Waals surface area contributed by atoms with E-state index in [0.717, 1.165) is 24.3 Å². The van der Waals surface area contributed by atoms with Crippen molar-refractivity contribution < 1.29 is 4.79 Å². The second-order valence-electron chi connectivity index (χ2n) is 3.06. The van der Waals surface area contributed by atoms with Crippen molar-refractivity contribution in [2.75, 3.05) is 11.5 Å². The molecule has 0 aliphatic carbocycles. The van der Waals surface area contributed by atoms with E-state index in [4.69, 9.17) is 0 Å². The molecule has 0 aromatic carbocycles. The quantitative estimate of drug-likeness (QED) is 0.536. The molecule has 3 nitrogen and oxygen atoms in total. The van der Waals surface area contributed by atoms with Crippen molar-refractivity contribution in [1.82, 2.24) is 9.78 Å². The fourth-order valence-corrected chi connectivity index (χ4v) is 1.86. The van der Waals surface area contributed by atoms with Crippen molar-refractivity contribution in [2.24, 2.45) is 0 Å². The predicted molar refractivity (Wildman–Crippen MR) is 59.8 cm³/mol. The van der Waals surface area contributed by atoms with Gasteiger partial charge >= 0.3 is 0 Å². The summed E-state index contributed by atoms with van der Waals surface area (Å²) in [6, 6.07) is 0. The molecule has 1 rings (SSSR count). The normalized spacial score (nSPS) is 10.4. The lowest BCUT2D eigenvalue weighted by Crippen LogP contribution is -2.01. The standard InChI is InChI=1S/C10H16N2OS/c1-3-5-14-8-10(13)9-6-11-12(4-2)7-9/h6-7H,3-5,8H2,1-2H3. The average Bonchev–Trinajstić information content (AvgIpc) is 2.66. The molecule has 0 saturated carbocycles.